The molecule has 0 aromatic heterocycles. The molecule has 0 bridgehead atoms. The Kier molecular flexibility index (Phi) is 4.71. The number of carbonyl (C=O) groups excluding carboxylic acids is 1. The van der Waals surface area contributed by atoms with Gasteiger partial charge < -0.3 is 14.4 Å². The smallest absolute Gasteiger partial charge is 0.237 e. The lowest BCUT2D eigenvalue weighted by Gasteiger charge is -2.44. The number of rotatable bonds is 5. The van der Waals surface area contributed by atoms with Gasteiger partial charge in [-0.3, -0.25) is 4.79 Å². The van der Waals surface area contributed by atoms with E-state index in [-0.39, 0.29) is 17.6 Å². The molecule has 0 N–H and O–H groups in total. The first kappa shape index (κ1) is 15.8. The Morgan fingerprint density at radius 3 is 2.50 bits per heavy atom. The van der Waals surface area contributed by atoms with Crippen LogP contribution < -0.4 is 0 Å². The maximum absolute atomic E-state index is 12.1. The van der Waals surface area contributed by atoms with Gasteiger partial charge in [-0.25, -0.2) is 0 Å². The second-order valence-electron chi connectivity index (χ2n) is 6.28. The van der Waals surface area contributed by atoms with Gasteiger partial charge in [0.1, 0.15) is 5.88 Å². The van der Waals surface area contributed by atoms with Gasteiger partial charge in [0.2, 0.25) is 5.91 Å². The number of carbonyl (C=O) groups is 1. The van der Waals surface area contributed by atoms with Gasteiger partial charge in [-0.1, -0.05) is 29.8 Å². The normalized spacial score (nSPS) is 20.1. The van der Waals surface area contributed by atoms with Gasteiger partial charge in [0, 0.05) is 25.9 Å². The number of benzene rings is 1. The number of hydrogen-bond donors (Lipinski definition) is 0. The van der Waals surface area contributed by atoms with Crippen LogP contribution in [0.2, 0.25) is 0 Å². The van der Waals surface area contributed by atoms with Gasteiger partial charge in [-0.05, 0) is 18.4 Å². The summed E-state index contributed by atoms with van der Waals surface area (Å²) in [6.07, 6.45) is 1.74. The lowest BCUT2D eigenvalue weighted by atomic mass is 9.78. The summed E-state index contributed by atoms with van der Waals surface area (Å²) < 4.78 is 11.3. The minimum atomic E-state index is -0.357. The molecule has 2 fully saturated rings. The highest BCUT2D eigenvalue weighted by Crippen LogP contribution is 2.44. The Labute approximate surface area is 136 Å². The Morgan fingerprint density at radius 1 is 1.27 bits per heavy atom. The fourth-order valence-electron chi connectivity index (χ4n) is 3.25. The molecule has 1 heterocycles. The summed E-state index contributed by atoms with van der Waals surface area (Å²) in [6.45, 7) is 4.74. The maximum Gasteiger partial charge on any atom is 0.237 e. The SMILES string of the molecule is Cc1ccc(CN(CC2CC3(C2)OCCO3)C(=O)CCl)cc1. The van der Waals surface area contributed by atoms with Crippen molar-refractivity contribution in [1.29, 1.82) is 0 Å². The summed E-state index contributed by atoms with van der Waals surface area (Å²) in [5, 5.41) is 0. The minimum absolute atomic E-state index is 0.0172. The molecule has 1 saturated heterocycles. The van der Waals surface area contributed by atoms with Crippen LogP contribution in [0.25, 0.3) is 0 Å². The van der Waals surface area contributed by atoms with Crippen molar-refractivity contribution in [3.8, 4) is 0 Å². The molecule has 22 heavy (non-hydrogen) atoms. The molecule has 0 atom stereocenters. The van der Waals surface area contributed by atoms with Gasteiger partial charge in [0.25, 0.3) is 0 Å². The predicted molar refractivity (Wildman–Crippen MR) is 84.7 cm³/mol. The van der Waals surface area contributed by atoms with Crippen molar-refractivity contribution >= 4 is 17.5 Å². The molecule has 0 radical (unpaired) electrons. The van der Waals surface area contributed by atoms with Gasteiger partial charge in [-0.15, -0.1) is 11.6 Å². The number of aryl methyl sites for hydroxylation is 1. The molecular weight excluding hydrogens is 302 g/mol. The summed E-state index contributed by atoms with van der Waals surface area (Å²) >= 11 is 5.76. The van der Waals surface area contributed by atoms with Crippen LogP contribution >= 0.6 is 11.6 Å². The summed E-state index contributed by atoms with van der Waals surface area (Å²) in [7, 11) is 0. The van der Waals surface area contributed by atoms with E-state index in [2.05, 4.69) is 31.2 Å². The van der Waals surface area contributed by atoms with Crippen molar-refractivity contribution in [2.24, 2.45) is 5.92 Å². The lowest BCUT2D eigenvalue weighted by molar-refractivity contribution is -0.232. The fourth-order valence-corrected chi connectivity index (χ4v) is 3.42. The largest absolute Gasteiger partial charge is 0.348 e. The van der Waals surface area contributed by atoms with Crippen molar-refractivity contribution < 1.29 is 14.3 Å². The van der Waals surface area contributed by atoms with E-state index >= 15 is 0 Å². The molecule has 1 aromatic rings. The zero-order valence-electron chi connectivity index (χ0n) is 12.9. The Balaban J connectivity index is 1.58. The standard InChI is InChI=1S/C17H22ClNO3/c1-13-2-4-14(5-3-13)11-19(16(20)10-18)12-15-8-17(9-15)21-6-7-22-17/h2-5,15H,6-12H2,1H3. The van der Waals surface area contributed by atoms with E-state index in [9.17, 15) is 4.79 Å². The van der Waals surface area contributed by atoms with Crippen molar-refractivity contribution in [3.63, 3.8) is 0 Å². The van der Waals surface area contributed by atoms with E-state index in [4.69, 9.17) is 21.1 Å². The third-order valence-corrected chi connectivity index (χ3v) is 4.68. The molecule has 5 heteroatoms. The fraction of sp³-hybridized carbons (Fsp3) is 0.588. The van der Waals surface area contributed by atoms with Crippen LogP contribution in [0.1, 0.15) is 24.0 Å². The highest BCUT2D eigenvalue weighted by atomic mass is 35.5. The van der Waals surface area contributed by atoms with Gasteiger partial charge >= 0.3 is 0 Å². The van der Waals surface area contributed by atoms with E-state index in [0.29, 0.717) is 32.2 Å². The van der Waals surface area contributed by atoms with Crippen LogP contribution in [0, 0.1) is 12.8 Å². The van der Waals surface area contributed by atoms with E-state index in [1.807, 2.05) is 4.90 Å². The molecule has 1 aromatic carbocycles. The topological polar surface area (TPSA) is 38.8 Å². The van der Waals surface area contributed by atoms with E-state index in [0.717, 1.165) is 18.4 Å². The summed E-state index contributed by atoms with van der Waals surface area (Å²) in [5.74, 6) is 0.0770. The molecule has 1 aliphatic carbocycles. The number of ether oxygens (including phenoxy) is 2. The molecule has 4 nitrogen and oxygen atoms in total. The number of nitrogens with zero attached hydrogens (tertiary/aromatic N) is 1. The highest BCUT2D eigenvalue weighted by molar-refractivity contribution is 6.27. The summed E-state index contributed by atoms with van der Waals surface area (Å²) in [5.41, 5.74) is 2.35. The second kappa shape index (κ2) is 6.57. The third-order valence-electron chi connectivity index (χ3n) is 4.45. The monoisotopic (exact) mass is 323 g/mol. The van der Waals surface area contributed by atoms with E-state index in [1.165, 1.54) is 5.56 Å². The lowest BCUT2D eigenvalue weighted by Crippen LogP contribution is -2.50. The molecule has 1 spiro atoms. The van der Waals surface area contributed by atoms with Crippen LogP contribution in [0.4, 0.5) is 0 Å². The van der Waals surface area contributed by atoms with Crippen LogP contribution in [-0.4, -0.2) is 42.2 Å². The quantitative estimate of drug-likeness (QED) is 0.782. The third kappa shape index (κ3) is 3.45. The Hall–Kier alpha value is -1.10. The Bertz CT molecular complexity index is 517. The molecule has 120 valence electrons. The zero-order chi connectivity index (χ0) is 15.6. The van der Waals surface area contributed by atoms with Crippen molar-refractivity contribution in [2.75, 3.05) is 25.6 Å². The van der Waals surface area contributed by atoms with Crippen LogP contribution in [0.15, 0.2) is 24.3 Å². The van der Waals surface area contributed by atoms with Gasteiger partial charge in [0.05, 0.1) is 13.2 Å². The number of amides is 1. The van der Waals surface area contributed by atoms with E-state index < -0.39 is 0 Å². The first-order valence-corrected chi connectivity index (χ1v) is 8.31. The van der Waals surface area contributed by atoms with Gasteiger partial charge in [-0.2, -0.15) is 0 Å². The molecular formula is C17H22ClNO3. The summed E-state index contributed by atoms with van der Waals surface area (Å²) in [4.78, 5) is 14.0. The minimum Gasteiger partial charge on any atom is -0.348 e. The van der Waals surface area contributed by atoms with Crippen LogP contribution in [-0.2, 0) is 20.8 Å². The molecule has 2 aliphatic rings. The average molecular weight is 324 g/mol. The van der Waals surface area contributed by atoms with Gasteiger partial charge in [0.15, 0.2) is 5.79 Å². The van der Waals surface area contributed by atoms with Crippen LogP contribution in [0.5, 0.6) is 0 Å². The molecule has 1 aliphatic heterocycles. The number of halogens is 1. The summed E-state index contributed by atoms with van der Waals surface area (Å²) in [6, 6.07) is 8.26. The zero-order valence-corrected chi connectivity index (χ0v) is 13.6. The molecule has 3 rings (SSSR count). The number of hydrogen-bond acceptors (Lipinski definition) is 3. The average Bonchev–Trinajstić information content (AvgIpc) is 2.97. The molecule has 1 saturated carbocycles. The van der Waals surface area contributed by atoms with Crippen molar-refractivity contribution in [3.05, 3.63) is 35.4 Å². The molecule has 1 amide bonds. The number of alkyl halides is 1. The predicted octanol–water partition coefficient (Wildman–Crippen LogP) is 2.72. The van der Waals surface area contributed by atoms with Crippen LogP contribution in [0.3, 0.4) is 0 Å². The maximum atomic E-state index is 12.1. The van der Waals surface area contributed by atoms with Crippen molar-refractivity contribution in [1.82, 2.24) is 4.90 Å². The van der Waals surface area contributed by atoms with E-state index in [1.54, 1.807) is 0 Å². The molecule has 0 unspecified atom stereocenters. The highest BCUT2D eigenvalue weighted by Gasteiger charge is 2.49. The Morgan fingerprint density at radius 2 is 1.91 bits per heavy atom. The first-order chi connectivity index (χ1) is 10.6. The second-order valence-corrected chi connectivity index (χ2v) is 6.54. The first-order valence-electron chi connectivity index (χ1n) is 7.77. The van der Waals surface area contributed by atoms with Crippen molar-refractivity contribution in [2.45, 2.75) is 32.1 Å².